The van der Waals surface area contributed by atoms with E-state index in [1.54, 1.807) is 43.3 Å². The molecule has 1 atom stereocenters. The first kappa shape index (κ1) is 20.4. The second-order valence-corrected chi connectivity index (χ2v) is 7.97. The molecule has 0 aromatic heterocycles. The fourth-order valence-electron chi connectivity index (χ4n) is 3.31. The molecule has 2 aromatic carbocycles. The number of halogens is 1. The molecule has 1 aliphatic carbocycles. The van der Waals surface area contributed by atoms with E-state index in [9.17, 15) is 9.59 Å². The molecule has 0 aliphatic heterocycles. The Kier molecular flexibility index (Phi) is 7.09. The van der Waals surface area contributed by atoms with E-state index >= 15 is 0 Å². The maximum atomic E-state index is 12.7. The minimum atomic E-state index is -0.698. The van der Waals surface area contributed by atoms with Crippen LogP contribution in [0.2, 0.25) is 0 Å². The highest BCUT2D eigenvalue weighted by atomic mass is 79.9. The molecule has 1 saturated carbocycles. The van der Waals surface area contributed by atoms with Gasteiger partial charge in [0.2, 0.25) is 0 Å². The summed E-state index contributed by atoms with van der Waals surface area (Å²) in [5, 5.41) is 5.92. The SMILES string of the molecule is CC(Oc1ccc(Br)cc1)C(=O)Nc1ccccc1C(=O)NC1CCCCC1. The van der Waals surface area contributed by atoms with Crippen molar-refractivity contribution in [2.75, 3.05) is 5.32 Å². The molecular weight excluding hydrogens is 420 g/mol. The van der Waals surface area contributed by atoms with Gasteiger partial charge in [0.25, 0.3) is 11.8 Å². The van der Waals surface area contributed by atoms with Gasteiger partial charge < -0.3 is 15.4 Å². The second-order valence-electron chi connectivity index (χ2n) is 7.06. The molecule has 0 spiro atoms. The molecule has 1 unspecified atom stereocenters. The van der Waals surface area contributed by atoms with E-state index < -0.39 is 6.10 Å². The highest BCUT2D eigenvalue weighted by Crippen LogP contribution is 2.21. The Morgan fingerprint density at radius 3 is 2.43 bits per heavy atom. The number of hydrogen-bond donors (Lipinski definition) is 2. The monoisotopic (exact) mass is 444 g/mol. The predicted molar refractivity (Wildman–Crippen MR) is 114 cm³/mol. The van der Waals surface area contributed by atoms with Crippen molar-refractivity contribution in [3.8, 4) is 5.75 Å². The van der Waals surface area contributed by atoms with Gasteiger partial charge in [-0.15, -0.1) is 0 Å². The van der Waals surface area contributed by atoms with E-state index in [1.165, 1.54) is 6.42 Å². The summed E-state index contributed by atoms with van der Waals surface area (Å²) < 4.78 is 6.63. The molecule has 1 aliphatic rings. The second kappa shape index (κ2) is 9.73. The van der Waals surface area contributed by atoms with Gasteiger partial charge in [0, 0.05) is 10.5 Å². The lowest BCUT2D eigenvalue weighted by atomic mass is 9.95. The van der Waals surface area contributed by atoms with Crippen LogP contribution in [0.15, 0.2) is 53.0 Å². The van der Waals surface area contributed by atoms with Crippen LogP contribution in [0.1, 0.15) is 49.4 Å². The van der Waals surface area contributed by atoms with Crippen molar-refractivity contribution in [2.45, 2.75) is 51.2 Å². The smallest absolute Gasteiger partial charge is 0.265 e. The molecule has 6 heteroatoms. The van der Waals surface area contributed by atoms with E-state index in [2.05, 4.69) is 26.6 Å². The highest BCUT2D eigenvalue weighted by molar-refractivity contribution is 9.10. The fourth-order valence-corrected chi connectivity index (χ4v) is 3.57. The zero-order valence-electron chi connectivity index (χ0n) is 15.9. The third kappa shape index (κ3) is 5.58. The van der Waals surface area contributed by atoms with Crippen molar-refractivity contribution < 1.29 is 14.3 Å². The van der Waals surface area contributed by atoms with Gasteiger partial charge >= 0.3 is 0 Å². The Morgan fingerprint density at radius 1 is 1.04 bits per heavy atom. The van der Waals surface area contributed by atoms with E-state index in [0.717, 1.165) is 30.2 Å². The summed E-state index contributed by atoms with van der Waals surface area (Å²) in [5.41, 5.74) is 0.962. The lowest BCUT2D eigenvalue weighted by Crippen LogP contribution is -2.37. The summed E-state index contributed by atoms with van der Waals surface area (Å²) in [6.45, 7) is 1.68. The van der Waals surface area contributed by atoms with Crippen molar-refractivity contribution in [1.29, 1.82) is 0 Å². The highest BCUT2D eigenvalue weighted by Gasteiger charge is 2.21. The summed E-state index contributed by atoms with van der Waals surface area (Å²) in [6, 6.07) is 14.6. The van der Waals surface area contributed by atoms with Gasteiger partial charge in [0.05, 0.1) is 11.3 Å². The minimum Gasteiger partial charge on any atom is -0.481 e. The van der Waals surface area contributed by atoms with Crippen LogP contribution in [0.3, 0.4) is 0 Å². The number of rotatable bonds is 6. The zero-order valence-corrected chi connectivity index (χ0v) is 17.5. The van der Waals surface area contributed by atoms with E-state index in [-0.39, 0.29) is 17.9 Å². The Balaban J connectivity index is 1.63. The number of anilines is 1. The number of nitrogens with one attached hydrogen (secondary N) is 2. The van der Waals surface area contributed by atoms with Gasteiger partial charge in [-0.25, -0.2) is 0 Å². The summed E-state index contributed by atoms with van der Waals surface area (Å²) in [4.78, 5) is 25.3. The lowest BCUT2D eigenvalue weighted by Gasteiger charge is -2.23. The molecule has 0 heterocycles. The molecular formula is C22H25BrN2O3. The van der Waals surface area contributed by atoms with Crippen LogP contribution in [-0.2, 0) is 4.79 Å². The Morgan fingerprint density at radius 2 is 1.71 bits per heavy atom. The molecule has 5 nitrogen and oxygen atoms in total. The standard InChI is InChI=1S/C22H25BrN2O3/c1-15(28-18-13-11-16(23)12-14-18)21(26)25-20-10-6-5-9-19(20)22(27)24-17-7-3-2-4-8-17/h5-6,9-15,17H,2-4,7-8H2,1H3,(H,24,27)(H,25,26). The maximum absolute atomic E-state index is 12.7. The number of hydrogen-bond acceptors (Lipinski definition) is 3. The molecule has 2 amide bonds. The van der Waals surface area contributed by atoms with Gasteiger partial charge in [-0.05, 0) is 56.2 Å². The summed E-state index contributed by atoms with van der Waals surface area (Å²) in [5.74, 6) is 0.152. The van der Waals surface area contributed by atoms with Crippen LogP contribution >= 0.6 is 15.9 Å². The van der Waals surface area contributed by atoms with E-state index in [0.29, 0.717) is 17.0 Å². The quantitative estimate of drug-likeness (QED) is 0.664. The average Bonchev–Trinajstić information content (AvgIpc) is 2.70. The van der Waals surface area contributed by atoms with Crippen LogP contribution in [0.25, 0.3) is 0 Å². The molecule has 0 radical (unpaired) electrons. The number of amides is 2. The number of benzene rings is 2. The van der Waals surface area contributed by atoms with Gasteiger partial charge in [0.1, 0.15) is 5.75 Å². The third-order valence-electron chi connectivity index (χ3n) is 4.87. The third-order valence-corrected chi connectivity index (χ3v) is 5.39. The summed E-state index contributed by atoms with van der Waals surface area (Å²) in [7, 11) is 0. The van der Waals surface area contributed by atoms with Crippen molar-refractivity contribution >= 4 is 33.4 Å². The first-order valence-corrected chi connectivity index (χ1v) is 10.4. The summed E-state index contributed by atoms with van der Waals surface area (Å²) >= 11 is 3.37. The molecule has 1 fully saturated rings. The van der Waals surface area contributed by atoms with Crippen LogP contribution < -0.4 is 15.4 Å². The molecule has 0 saturated heterocycles. The maximum Gasteiger partial charge on any atom is 0.265 e. The molecule has 0 bridgehead atoms. The first-order valence-electron chi connectivity index (χ1n) is 9.66. The van der Waals surface area contributed by atoms with Crippen molar-refractivity contribution in [1.82, 2.24) is 5.32 Å². The van der Waals surface area contributed by atoms with Crippen LogP contribution in [-0.4, -0.2) is 24.0 Å². The predicted octanol–water partition coefficient (Wildman–Crippen LogP) is 4.92. The molecule has 3 rings (SSSR count). The van der Waals surface area contributed by atoms with Crippen molar-refractivity contribution in [3.63, 3.8) is 0 Å². The van der Waals surface area contributed by atoms with E-state index in [4.69, 9.17) is 4.74 Å². The van der Waals surface area contributed by atoms with E-state index in [1.807, 2.05) is 12.1 Å². The minimum absolute atomic E-state index is 0.149. The number of carbonyl (C=O) groups is 2. The molecule has 28 heavy (non-hydrogen) atoms. The van der Waals surface area contributed by atoms with Crippen LogP contribution in [0.5, 0.6) is 5.75 Å². The van der Waals surface area contributed by atoms with Gasteiger partial charge in [-0.3, -0.25) is 9.59 Å². The lowest BCUT2D eigenvalue weighted by molar-refractivity contribution is -0.122. The number of para-hydroxylation sites is 1. The van der Waals surface area contributed by atoms with Gasteiger partial charge in [-0.2, -0.15) is 0 Å². The zero-order chi connectivity index (χ0) is 19.9. The van der Waals surface area contributed by atoms with Crippen LogP contribution in [0, 0.1) is 0 Å². The fraction of sp³-hybridized carbons (Fsp3) is 0.364. The topological polar surface area (TPSA) is 67.4 Å². The van der Waals surface area contributed by atoms with Crippen molar-refractivity contribution in [2.24, 2.45) is 0 Å². The Labute approximate surface area is 174 Å². The Bertz CT molecular complexity index is 817. The summed E-state index contributed by atoms with van der Waals surface area (Å²) in [6.07, 6.45) is 4.85. The molecule has 2 N–H and O–H groups in total. The number of carbonyl (C=O) groups excluding carboxylic acids is 2. The van der Waals surface area contributed by atoms with Crippen molar-refractivity contribution in [3.05, 3.63) is 58.6 Å². The van der Waals surface area contributed by atoms with Gasteiger partial charge in [-0.1, -0.05) is 47.3 Å². The molecule has 2 aromatic rings. The van der Waals surface area contributed by atoms with Gasteiger partial charge in [0.15, 0.2) is 6.10 Å². The normalized spacial score (nSPS) is 15.5. The van der Waals surface area contributed by atoms with Crippen LogP contribution in [0.4, 0.5) is 5.69 Å². The first-order chi connectivity index (χ1) is 13.5. The Hall–Kier alpha value is -2.34. The average molecular weight is 445 g/mol. The largest absolute Gasteiger partial charge is 0.481 e. The molecule has 148 valence electrons. The number of ether oxygens (including phenoxy) is 1.